The van der Waals surface area contributed by atoms with Gasteiger partial charge in [-0.3, -0.25) is 19.2 Å². The Bertz CT molecular complexity index is 1300. The lowest BCUT2D eigenvalue weighted by molar-refractivity contribution is -0.230. The van der Waals surface area contributed by atoms with E-state index in [2.05, 4.69) is 0 Å². The number of unbranched alkanes of at least 4 members (excludes halogenated alkanes) is 2. The standard InChI is InChI=1S/C32H44O13/c1-9-10-11-12-22(36)44-24-16(2)15-21-32(31(8,45-32)28(38)43-21)27(42-19(5)35)25-29(6,26(23(24)37)41-18(4)34)14-13-20(30(25,7)39)40-17(3)33/h13-15,20-21,23-27,37,39H,9-12H2,1-8H3/b16-15-/t20-,21-,23-,24+,25-,26+,27-,29+,30-,31+,32+/m1/s1. The molecule has 2 aliphatic carbocycles. The number of carbonyl (C=O) groups is 5. The monoisotopic (exact) mass is 636 g/mol. The molecule has 0 bridgehead atoms. The van der Waals surface area contributed by atoms with Gasteiger partial charge in [-0.1, -0.05) is 32.8 Å². The van der Waals surface area contributed by atoms with Crippen LogP contribution in [0.2, 0.25) is 0 Å². The van der Waals surface area contributed by atoms with Crippen molar-refractivity contribution in [1.29, 1.82) is 0 Å². The summed E-state index contributed by atoms with van der Waals surface area (Å²) in [7, 11) is 0. The molecular weight excluding hydrogens is 592 g/mol. The first kappa shape index (κ1) is 34.6. The summed E-state index contributed by atoms with van der Waals surface area (Å²) >= 11 is 0. The molecule has 2 aliphatic heterocycles. The summed E-state index contributed by atoms with van der Waals surface area (Å²) in [5, 5.41) is 24.3. The van der Waals surface area contributed by atoms with Crippen LogP contribution in [0.25, 0.3) is 0 Å². The molecule has 4 rings (SSSR count). The number of ether oxygens (including phenoxy) is 6. The van der Waals surface area contributed by atoms with Gasteiger partial charge in [0, 0.05) is 38.5 Å². The van der Waals surface area contributed by atoms with Crippen molar-refractivity contribution in [2.24, 2.45) is 11.3 Å². The Labute approximate surface area is 262 Å². The maximum absolute atomic E-state index is 13.3. The van der Waals surface area contributed by atoms with Gasteiger partial charge in [0.2, 0.25) is 0 Å². The zero-order chi connectivity index (χ0) is 33.7. The third-order valence-corrected chi connectivity index (χ3v) is 9.57. The summed E-state index contributed by atoms with van der Waals surface area (Å²) in [4.78, 5) is 63.7. The molecule has 2 N–H and O–H groups in total. The van der Waals surface area contributed by atoms with E-state index in [0.29, 0.717) is 6.42 Å². The van der Waals surface area contributed by atoms with Crippen LogP contribution in [0.3, 0.4) is 0 Å². The largest absolute Gasteiger partial charge is 0.459 e. The molecule has 0 saturated carbocycles. The number of fused-ring (bicyclic) bond motifs is 1. The Balaban J connectivity index is 2.01. The number of carbonyl (C=O) groups excluding carboxylic acids is 5. The second kappa shape index (κ2) is 12.1. The lowest BCUT2D eigenvalue weighted by Gasteiger charge is -2.55. The Morgan fingerprint density at radius 2 is 1.53 bits per heavy atom. The van der Waals surface area contributed by atoms with Gasteiger partial charge >= 0.3 is 29.8 Å². The van der Waals surface area contributed by atoms with E-state index in [4.69, 9.17) is 28.4 Å². The van der Waals surface area contributed by atoms with Crippen LogP contribution in [0.5, 0.6) is 0 Å². The van der Waals surface area contributed by atoms with Crippen LogP contribution in [0.1, 0.15) is 81.1 Å². The molecule has 13 heteroatoms. The van der Waals surface area contributed by atoms with Crippen molar-refractivity contribution in [1.82, 2.24) is 0 Å². The molecule has 1 spiro atoms. The van der Waals surface area contributed by atoms with Gasteiger partial charge in [0.05, 0.1) is 0 Å². The minimum absolute atomic E-state index is 0.0687. The predicted molar refractivity (Wildman–Crippen MR) is 154 cm³/mol. The van der Waals surface area contributed by atoms with Gasteiger partial charge in [-0.2, -0.15) is 0 Å². The summed E-state index contributed by atoms with van der Waals surface area (Å²) in [6.07, 6.45) is -2.05. The van der Waals surface area contributed by atoms with Gasteiger partial charge in [-0.15, -0.1) is 0 Å². The zero-order valence-electron chi connectivity index (χ0n) is 27.0. The van der Waals surface area contributed by atoms with E-state index in [1.807, 2.05) is 6.92 Å². The summed E-state index contributed by atoms with van der Waals surface area (Å²) in [5.74, 6) is -5.05. The second-order valence-electron chi connectivity index (χ2n) is 13.0. The van der Waals surface area contributed by atoms with E-state index < -0.39 is 94.6 Å². The Morgan fingerprint density at radius 3 is 2.09 bits per heavy atom. The lowest BCUT2D eigenvalue weighted by Crippen LogP contribution is -2.69. The minimum Gasteiger partial charge on any atom is -0.459 e. The van der Waals surface area contributed by atoms with Gasteiger partial charge in [0.15, 0.2) is 23.4 Å². The first-order valence-electron chi connectivity index (χ1n) is 15.3. The SMILES string of the molecule is CCCCCC(=O)O[C@H]1/C(C)=C\[C@H]2OC(=O)[C@]3(C)O[C@]23[C@H](OC(C)=O)[C@H]2[C@](C)(O)[C@H](OC(C)=O)C=C[C@]2(C)[C@@H](OC(C)=O)[C@@H]1O. The number of aliphatic hydroxyl groups excluding tert-OH is 1. The van der Waals surface area contributed by atoms with Crippen molar-refractivity contribution in [2.45, 2.75) is 135 Å². The normalized spacial score (nSPS) is 42.8. The van der Waals surface area contributed by atoms with E-state index in [9.17, 15) is 34.2 Å². The van der Waals surface area contributed by atoms with Crippen LogP contribution >= 0.6 is 0 Å². The highest BCUT2D eigenvalue weighted by Gasteiger charge is 2.88. The van der Waals surface area contributed by atoms with Gasteiger partial charge in [0.25, 0.3) is 0 Å². The fraction of sp³-hybridized carbons (Fsp3) is 0.719. The highest BCUT2D eigenvalue weighted by atomic mass is 16.7. The highest BCUT2D eigenvalue weighted by molar-refractivity contribution is 5.89. The molecule has 0 aromatic rings. The van der Waals surface area contributed by atoms with Crippen molar-refractivity contribution >= 4 is 29.8 Å². The van der Waals surface area contributed by atoms with Crippen LogP contribution < -0.4 is 0 Å². The fourth-order valence-electron chi connectivity index (χ4n) is 7.42. The molecule has 13 nitrogen and oxygen atoms in total. The van der Waals surface area contributed by atoms with E-state index in [0.717, 1.165) is 33.6 Å². The zero-order valence-corrected chi connectivity index (χ0v) is 27.0. The molecule has 4 aliphatic rings. The van der Waals surface area contributed by atoms with Crippen LogP contribution in [-0.4, -0.2) is 93.5 Å². The Morgan fingerprint density at radius 1 is 0.933 bits per heavy atom. The highest BCUT2D eigenvalue weighted by Crippen LogP contribution is 2.65. The summed E-state index contributed by atoms with van der Waals surface area (Å²) < 4.78 is 34.9. The lowest BCUT2D eigenvalue weighted by atomic mass is 9.55. The molecular formula is C32H44O13. The van der Waals surface area contributed by atoms with Gasteiger partial charge < -0.3 is 38.6 Å². The van der Waals surface area contributed by atoms with Crippen molar-refractivity contribution in [3.63, 3.8) is 0 Å². The molecule has 0 amide bonds. The molecule has 0 unspecified atom stereocenters. The number of rotatable bonds is 8. The van der Waals surface area contributed by atoms with Crippen molar-refractivity contribution in [3.05, 3.63) is 23.8 Å². The number of epoxide rings is 1. The molecule has 0 aromatic heterocycles. The summed E-state index contributed by atoms with van der Waals surface area (Å²) in [6.45, 7) is 11.4. The first-order valence-corrected chi connectivity index (χ1v) is 15.3. The Hall–Kier alpha value is -3.29. The van der Waals surface area contributed by atoms with Crippen LogP contribution in [-0.2, 0) is 52.4 Å². The number of aliphatic hydroxyl groups is 2. The second-order valence-corrected chi connectivity index (χ2v) is 13.0. The van der Waals surface area contributed by atoms with Crippen LogP contribution in [0.4, 0.5) is 0 Å². The smallest absolute Gasteiger partial charge is 0.342 e. The van der Waals surface area contributed by atoms with Crippen LogP contribution in [0, 0.1) is 11.3 Å². The maximum Gasteiger partial charge on any atom is 0.342 e. The molecule has 0 aromatic carbocycles. The third-order valence-electron chi connectivity index (χ3n) is 9.57. The number of esters is 5. The van der Waals surface area contributed by atoms with Gasteiger partial charge in [0.1, 0.15) is 30.0 Å². The summed E-state index contributed by atoms with van der Waals surface area (Å²) in [5.41, 5.74) is -6.81. The minimum atomic E-state index is -2.09. The molecule has 2 fully saturated rings. The van der Waals surface area contributed by atoms with E-state index >= 15 is 0 Å². The van der Waals surface area contributed by atoms with E-state index in [1.54, 1.807) is 13.8 Å². The topological polar surface area (TPSA) is 184 Å². The molecule has 45 heavy (non-hydrogen) atoms. The van der Waals surface area contributed by atoms with Gasteiger partial charge in [-0.25, -0.2) is 4.79 Å². The van der Waals surface area contributed by atoms with Crippen LogP contribution in [0.15, 0.2) is 23.8 Å². The molecule has 11 atom stereocenters. The third kappa shape index (κ3) is 5.78. The maximum atomic E-state index is 13.3. The van der Waals surface area contributed by atoms with Gasteiger partial charge in [-0.05, 0) is 44.9 Å². The predicted octanol–water partition coefficient (Wildman–Crippen LogP) is 1.99. The quantitative estimate of drug-likeness (QED) is 0.130. The van der Waals surface area contributed by atoms with E-state index in [-0.39, 0.29) is 12.0 Å². The fourth-order valence-corrected chi connectivity index (χ4v) is 7.42. The summed E-state index contributed by atoms with van der Waals surface area (Å²) in [6, 6.07) is 0. The first-order chi connectivity index (χ1) is 20.9. The van der Waals surface area contributed by atoms with Crippen molar-refractivity contribution in [3.8, 4) is 0 Å². The van der Waals surface area contributed by atoms with E-state index in [1.165, 1.54) is 32.1 Å². The molecule has 250 valence electrons. The van der Waals surface area contributed by atoms with Crippen molar-refractivity contribution in [2.75, 3.05) is 0 Å². The number of hydrogen-bond acceptors (Lipinski definition) is 13. The van der Waals surface area contributed by atoms with Crippen molar-refractivity contribution < 1.29 is 62.6 Å². The number of hydrogen-bond donors (Lipinski definition) is 2. The molecule has 2 heterocycles. The average Bonchev–Trinajstić information content (AvgIpc) is 3.51. The Kier molecular flexibility index (Phi) is 9.33. The molecule has 0 radical (unpaired) electrons. The molecule has 2 saturated heterocycles. The average molecular weight is 637 g/mol.